The number of nitrogens with zero attached hydrogens (tertiary/aromatic N) is 2. The second kappa shape index (κ2) is 11.8. The molecule has 0 radical (unpaired) electrons. The monoisotopic (exact) mass is 465 g/mol. The molecule has 1 aliphatic rings. The van der Waals surface area contributed by atoms with Crippen LogP contribution >= 0.6 is 11.3 Å². The van der Waals surface area contributed by atoms with E-state index in [1.54, 1.807) is 17.5 Å². The van der Waals surface area contributed by atoms with Crippen LogP contribution in [0.4, 0.5) is 0 Å². The zero-order chi connectivity index (χ0) is 22.9. The van der Waals surface area contributed by atoms with E-state index in [1.807, 2.05) is 24.3 Å². The molecule has 1 unspecified atom stereocenters. The van der Waals surface area contributed by atoms with Crippen LogP contribution in [0.1, 0.15) is 42.0 Å². The van der Waals surface area contributed by atoms with Crippen molar-refractivity contribution in [2.24, 2.45) is 0 Å². The fourth-order valence-electron chi connectivity index (χ4n) is 4.21. The molecule has 1 aromatic carbocycles. The standard InChI is InChI=1S/C25H31N5O2S/c31-24-10-7-20(19-5-2-1-3-6-19)11-14-27-25(32)18-30(16-4-13-26-24)17-21-8-9-23(33-21)22-12-15-28-29-22/h1-3,5-6,8-9,12,15,20H,4,7,10-11,13-14,16-18H2,(H,26,31)(H,27,32)(H,28,29). The maximum atomic E-state index is 12.7. The quantitative estimate of drug-likeness (QED) is 0.550. The molecule has 0 aliphatic carbocycles. The Morgan fingerprint density at radius 3 is 2.64 bits per heavy atom. The van der Waals surface area contributed by atoms with Gasteiger partial charge >= 0.3 is 0 Å². The van der Waals surface area contributed by atoms with Gasteiger partial charge in [0, 0.05) is 43.7 Å². The van der Waals surface area contributed by atoms with Gasteiger partial charge in [0.1, 0.15) is 0 Å². The summed E-state index contributed by atoms with van der Waals surface area (Å²) in [7, 11) is 0. The van der Waals surface area contributed by atoms with Crippen LogP contribution in [0.5, 0.6) is 0 Å². The lowest BCUT2D eigenvalue weighted by Gasteiger charge is -2.23. The second-order valence-electron chi connectivity index (χ2n) is 8.44. The van der Waals surface area contributed by atoms with Crippen LogP contribution in [0.25, 0.3) is 10.6 Å². The third-order valence-electron chi connectivity index (χ3n) is 5.95. The Bertz CT molecular complexity index is 1020. The average Bonchev–Trinajstić information content (AvgIpc) is 3.51. The minimum absolute atomic E-state index is 0.0493. The van der Waals surface area contributed by atoms with Gasteiger partial charge < -0.3 is 10.6 Å². The van der Waals surface area contributed by atoms with Gasteiger partial charge in [-0.1, -0.05) is 30.3 Å². The highest BCUT2D eigenvalue weighted by atomic mass is 32.1. The average molecular weight is 466 g/mol. The summed E-state index contributed by atoms with van der Waals surface area (Å²) in [6, 6.07) is 16.4. The number of carbonyl (C=O) groups is 2. The van der Waals surface area contributed by atoms with E-state index in [0.717, 1.165) is 36.4 Å². The topological polar surface area (TPSA) is 90.1 Å². The molecule has 3 N–H and O–H groups in total. The third kappa shape index (κ3) is 7.00. The van der Waals surface area contributed by atoms with E-state index in [1.165, 1.54) is 10.4 Å². The molecular formula is C25H31N5O2S. The molecule has 1 fully saturated rings. The van der Waals surface area contributed by atoms with E-state index >= 15 is 0 Å². The van der Waals surface area contributed by atoms with Gasteiger partial charge in [0.2, 0.25) is 11.8 Å². The van der Waals surface area contributed by atoms with Crippen LogP contribution in [-0.4, -0.2) is 53.1 Å². The molecule has 3 aromatic rings. The van der Waals surface area contributed by atoms with Crippen molar-refractivity contribution < 1.29 is 9.59 Å². The first-order valence-corrected chi connectivity index (χ1v) is 12.4. The lowest BCUT2D eigenvalue weighted by atomic mass is 9.91. The number of thiophene rings is 1. The van der Waals surface area contributed by atoms with Crippen LogP contribution in [0.3, 0.4) is 0 Å². The van der Waals surface area contributed by atoms with Crippen LogP contribution in [0.15, 0.2) is 54.7 Å². The zero-order valence-corrected chi connectivity index (χ0v) is 19.6. The number of carbonyl (C=O) groups excluding carboxylic acids is 2. The summed E-state index contributed by atoms with van der Waals surface area (Å²) < 4.78 is 0. The van der Waals surface area contributed by atoms with Gasteiger partial charge in [-0.25, -0.2) is 0 Å². The van der Waals surface area contributed by atoms with Crippen molar-refractivity contribution in [3.63, 3.8) is 0 Å². The SMILES string of the molecule is O=C1CCC(c2ccccc2)CCNC(=O)CN(Cc2ccc(-c3ccn[nH]3)s2)CCCN1. The Kier molecular flexibility index (Phi) is 8.27. The van der Waals surface area contributed by atoms with E-state index in [4.69, 9.17) is 0 Å². The smallest absolute Gasteiger partial charge is 0.234 e. The second-order valence-corrected chi connectivity index (χ2v) is 9.60. The summed E-state index contributed by atoms with van der Waals surface area (Å²) in [4.78, 5) is 29.6. The highest BCUT2D eigenvalue weighted by molar-refractivity contribution is 7.15. The third-order valence-corrected chi connectivity index (χ3v) is 7.06. The normalized spacial score (nSPS) is 19.5. The minimum Gasteiger partial charge on any atom is -0.356 e. The molecule has 174 valence electrons. The Labute approximate surface area is 198 Å². The van der Waals surface area contributed by atoms with E-state index < -0.39 is 0 Å². The van der Waals surface area contributed by atoms with Gasteiger partial charge in [-0.3, -0.25) is 19.6 Å². The highest BCUT2D eigenvalue weighted by Crippen LogP contribution is 2.27. The Balaban J connectivity index is 1.39. The van der Waals surface area contributed by atoms with E-state index in [-0.39, 0.29) is 17.7 Å². The molecule has 2 amide bonds. The summed E-state index contributed by atoms with van der Waals surface area (Å²) in [5, 5.41) is 13.2. The predicted octanol–water partition coefficient (Wildman–Crippen LogP) is 3.53. The Hall–Kier alpha value is -2.97. The number of hydrogen-bond acceptors (Lipinski definition) is 5. The molecular weight excluding hydrogens is 434 g/mol. The summed E-state index contributed by atoms with van der Waals surface area (Å²) in [6.45, 7) is 3.03. The van der Waals surface area contributed by atoms with Crippen molar-refractivity contribution in [2.75, 3.05) is 26.2 Å². The lowest BCUT2D eigenvalue weighted by Crippen LogP contribution is -2.39. The first kappa shape index (κ1) is 23.2. The van der Waals surface area contributed by atoms with E-state index in [0.29, 0.717) is 32.6 Å². The van der Waals surface area contributed by atoms with E-state index in [2.05, 4.69) is 50.0 Å². The number of hydrogen-bond donors (Lipinski definition) is 3. The molecule has 8 heteroatoms. The Morgan fingerprint density at radius 2 is 1.82 bits per heavy atom. The maximum absolute atomic E-state index is 12.7. The summed E-state index contributed by atoms with van der Waals surface area (Å²) in [6.07, 6.45) is 4.66. The maximum Gasteiger partial charge on any atom is 0.234 e. The predicted molar refractivity (Wildman–Crippen MR) is 131 cm³/mol. The van der Waals surface area contributed by atoms with Gasteiger partial charge in [0.15, 0.2) is 0 Å². The minimum atomic E-state index is 0.0493. The van der Waals surface area contributed by atoms with Gasteiger partial charge in [-0.2, -0.15) is 5.10 Å². The Morgan fingerprint density at radius 1 is 0.970 bits per heavy atom. The number of benzene rings is 1. The van der Waals surface area contributed by atoms with Crippen molar-refractivity contribution in [1.29, 1.82) is 0 Å². The number of nitrogens with one attached hydrogen (secondary N) is 3. The van der Waals surface area contributed by atoms with Crippen molar-refractivity contribution in [3.8, 4) is 10.6 Å². The summed E-state index contributed by atoms with van der Waals surface area (Å²) in [5.74, 6) is 0.405. The number of amides is 2. The molecule has 7 nitrogen and oxygen atoms in total. The molecule has 3 heterocycles. The van der Waals surface area contributed by atoms with Crippen LogP contribution in [0, 0.1) is 0 Å². The molecule has 0 saturated carbocycles. The molecule has 1 atom stereocenters. The van der Waals surface area contributed by atoms with Crippen molar-refractivity contribution in [1.82, 2.24) is 25.7 Å². The van der Waals surface area contributed by atoms with Crippen LogP contribution in [0.2, 0.25) is 0 Å². The van der Waals surface area contributed by atoms with Gasteiger partial charge in [-0.05, 0) is 48.9 Å². The van der Waals surface area contributed by atoms with Gasteiger partial charge in [0.25, 0.3) is 0 Å². The van der Waals surface area contributed by atoms with Gasteiger partial charge in [-0.15, -0.1) is 11.3 Å². The lowest BCUT2D eigenvalue weighted by molar-refractivity contribution is -0.123. The molecule has 0 bridgehead atoms. The zero-order valence-electron chi connectivity index (χ0n) is 18.8. The molecule has 4 rings (SSSR count). The molecule has 1 saturated heterocycles. The fourth-order valence-corrected chi connectivity index (χ4v) is 5.23. The number of aromatic nitrogens is 2. The molecule has 0 spiro atoms. The van der Waals surface area contributed by atoms with Crippen molar-refractivity contribution in [3.05, 3.63) is 65.2 Å². The van der Waals surface area contributed by atoms with Crippen LogP contribution < -0.4 is 10.6 Å². The molecule has 33 heavy (non-hydrogen) atoms. The van der Waals surface area contributed by atoms with Crippen molar-refractivity contribution >= 4 is 23.2 Å². The molecule has 2 aromatic heterocycles. The summed E-state index contributed by atoms with van der Waals surface area (Å²) in [5.41, 5.74) is 2.22. The first-order valence-electron chi connectivity index (χ1n) is 11.6. The number of aromatic amines is 1. The number of rotatable bonds is 4. The van der Waals surface area contributed by atoms with Gasteiger partial charge in [0.05, 0.1) is 17.1 Å². The van der Waals surface area contributed by atoms with Crippen molar-refractivity contribution in [2.45, 2.75) is 38.1 Å². The van der Waals surface area contributed by atoms with E-state index in [9.17, 15) is 9.59 Å². The largest absolute Gasteiger partial charge is 0.356 e. The fraction of sp³-hybridized carbons (Fsp3) is 0.400. The molecule has 1 aliphatic heterocycles. The summed E-state index contributed by atoms with van der Waals surface area (Å²) >= 11 is 1.70. The first-order chi connectivity index (χ1) is 16.2. The van der Waals surface area contributed by atoms with Crippen LogP contribution in [-0.2, 0) is 16.1 Å². The number of H-pyrrole nitrogens is 1. The highest BCUT2D eigenvalue weighted by Gasteiger charge is 2.17.